The van der Waals surface area contributed by atoms with E-state index >= 15 is 0 Å². The van der Waals surface area contributed by atoms with Gasteiger partial charge in [-0.05, 0) is 29.7 Å². The highest BCUT2D eigenvalue weighted by atomic mass is 16.5. The van der Waals surface area contributed by atoms with E-state index in [4.69, 9.17) is 40.9 Å². The molecule has 0 aliphatic carbocycles. The molecule has 38 heavy (non-hydrogen) atoms. The van der Waals surface area contributed by atoms with E-state index in [0.29, 0.717) is 16.9 Å². The highest BCUT2D eigenvalue weighted by Gasteiger charge is 2.42. The molecule has 0 saturated carbocycles. The molecular weight excluding hydrogens is 482 g/mol. The van der Waals surface area contributed by atoms with Gasteiger partial charge in [-0.2, -0.15) is 0 Å². The van der Waals surface area contributed by atoms with Crippen LogP contribution in [-0.2, 0) is 38.8 Å². The van der Waals surface area contributed by atoms with Crippen LogP contribution in [0.4, 0.5) is 0 Å². The number of amides is 4. The van der Waals surface area contributed by atoms with Crippen molar-refractivity contribution in [1.29, 1.82) is 0 Å². The van der Waals surface area contributed by atoms with Crippen LogP contribution in [0.2, 0.25) is 0 Å². The normalized spacial score (nSPS) is 24.8. The Labute approximate surface area is 225 Å². The number of carbonyl (C=O) groups excluding carboxylic acids is 4. The number of piperidine rings is 1. The van der Waals surface area contributed by atoms with E-state index in [9.17, 15) is 19.2 Å². The number of ether oxygens (including phenoxy) is 2. The first-order valence-corrected chi connectivity index (χ1v) is 12.1. The third-order valence-electron chi connectivity index (χ3n) is 6.93. The molecule has 3 aliphatic heterocycles. The molecule has 2 aromatic carbocycles. The predicted molar refractivity (Wildman–Crippen MR) is 138 cm³/mol. The fourth-order valence-electron chi connectivity index (χ4n) is 4.85. The maximum absolute atomic E-state index is 13.0. The van der Waals surface area contributed by atoms with Crippen LogP contribution in [0, 0.1) is 0 Å². The molecule has 2 aromatic rings. The van der Waals surface area contributed by atoms with Gasteiger partial charge in [0.05, 0.1) is 11.9 Å². The third-order valence-corrected chi connectivity index (χ3v) is 6.93. The van der Waals surface area contributed by atoms with Crippen LogP contribution in [0.3, 0.4) is 0 Å². The first kappa shape index (κ1) is 26.2. The number of rotatable bonds is 6. The summed E-state index contributed by atoms with van der Waals surface area (Å²) in [4.78, 5) is 52.1. The fraction of sp³-hybridized carbons (Fsp3) is 0.360. The molecule has 2 fully saturated rings. The second-order valence-corrected chi connectivity index (χ2v) is 9.59. The molecule has 5 rings (SSSR count). The maximum Gasteiger partial charge on any atom is 0.255 e. The van der Waals surface area contributed by atoms with Crippen molar-refractivity contribution >= 4 is 55.0 Å². The van der Waals surface area contributed by atoms with E-state index in [2.05, 4.69) is 5.32 Å². The Hall–Kier alpha value is -3.46. The molecule has 0 bridgehead atoms. The van der Waals surface area contributed by atoms with E-state index in [1.807, 2.05) is 24.3 Å². The average molecular weight is 503 g/mol. The maximum atomic E-state index is 13.0. The first-order chi connectivity index (χ1) is 18.0. The van der Waals surface area contributed by atoms with Gasteiger partial charge in [-0.25, -0.2) is 0 Å². The SMILES string of the molecule is [B]C1OC([B])([B])C(=O)N(Cc2ccc(COc3cccc4c3CN(C3CCC(=O)NC3=O)C4=O)cc2)C1[B]. The highest BCUT2D eigenvalue weighted by molar-refractivity contribution is 6.50. The van der Waals surface area contributed by atoms with E-state index in [0.717, 1.165) is 11.1 Å². The van der Waals surface area contributed by atoms with Gasteiger partial charge < -0.3 is 19.3 Å². The smallest absolute Gasteiger partial charge is 0.255 e. The Morgan fingerprint density at radius 1 is 1.03 bits per heavy atom. The summed E-state index contributed by atoms with van der Waals surface area (Å²) in [5, 5.41) is 0.252. The number of nitrogens with one attached hydrogen (secondary N) is 1. The zero-order valence-corrected chi connectivity index (χ0v) is 20.5. The lowest BCUT2D eigenvalue weighted by Crippen LogP contribution is -2.65. The third kappa shape index (κ3) is 4.87. The largest absolute Gasteiger partial charge is 0.489 e. The molecule has 8 radical (unpaired) electrons. The second kappa shape index (κ2) is 10.0. The fourth-order valence-corrected chi connectivity index (χ4v) is 4.85. The summed E-state index contributed by atoms with van der Waals surface area (Å²) in [6.45, 7) is 0.576. The zero-order chi connectivity index (χ0) is 27.2. The number of fused-ring (bicyclic) bond motifs is 1. The van der Waals surface area contributed by atoms with Gasteiger partial charge in [-0.1, -0.05) is 30.3 Å². The van der Waals surface area contributed by atoms with Crippen LogP contribution >= 0.6 is 0 Å². The van der Waals surface area contributed by atoms with Gasteiger partial charge in [0, 0.05) is 36.0 Å². The molecule has 1 N–H and O–H groups in total. The van der Waals surface area contributed by atoms with E-state index < -0.39 is 35.2 Å². The quantitative estimate of drug-likeness (QED) is 0.416. The number of carbonyl (C=O) groups is 4. The molecule has 0 spiro atoms. The second-order valence-electron chi connectivity index (χ2n) is 9.59. The first-order valence-electron chi connectivity index (χ1n) is 12.1. The molecule has 3 atom stereocenters. The molecule has 2 saturated heterocycles. The average Bonchev–Trinajstić information content (AvgIpc) is 3.21. The van der Waals surface area contributed by atoms with Crippen LogP contribution in [0.25, 0.3) is 0 Å². The Bertz CT molecular complexity index is 1300. The van der Waals surface area contributed by atoms with Crippen molar-refractivity contribution < 1.29 is 28.7 Å². The standard InChI is InChI=1S/C25H21B4N3O6/c26-20-21(27)38-25(28,29)24(36)32(20)10-13-4-6-14(7-5-13)12-37-18-3-1-2-15-16(18)11-31(23(15)35)17-8-9-19(33)30-22(17)34/h1-7,17,20-21H,8-12H2,(H,30,33,34). The summed E-state index contributed by atoms with van der Waals surface area (Å²) in [7, 11) is 23.2. The Kier molecular flexibility index (Phi) is 6.90. The summed E-state index contributed by atoms with van der Waals surface area (Å²) < 4.78 is 11.1. The Morgan fingerprint density at radius 2 is 1.74 bits per heavy atom. The molecule has 184 valence electrons. The number of benzene rings is 2. The molecule has 0 aromatic heterocycles. The van der Waals surface area contributed by atoms with Gasteiger partial charge in [0.2, 0.25) is 17.7 Å². The van der Waals surface area contributed by atoms with Crippen molar-refractivity contribution in [3.8, 4) is 5.75 Å². The van der Waals surface area contributed by atoms with Crippen LogP contribution in [0.1, 0.15) is 39.9 Å². The van der Waals surface area contributed by atoms with Crippen molar-refractivity contribution in [1.82, 2.24) is 15.1 Å². The summed E-state index contributed by atoms with van der Waals surface area (Å²) in [6, 6.07) is 10.8. The topological polar surface area (TPSA) is 105 Å². The monoisotopic (exact) mass is 503 g/mol. The number of nitrogens with zero attached hydrogens (tertiary/aromatic N) is 2. The zero-order valence-electron chi connectivity index (χ0n) is 20.5. The molecule has 3 aliphatic rings. The molecule has 4 amide bonds. The number of hydrogen-bond acceptors (Lipinski definition) is 6. The number of morpholine rings is 1. The van der Waals surface area contributed by atoms with E-state index in [1.165, 1.54) is 9.80 Å². The summed E-state index contributed by atoms with van der Waals surface area (Å²) in [6.07, 6.45) is 0.477. The minimum atomic E-state index is -2.05. The minimum absolute atomic E-state index is 0.138. The Morgan fingerprint density at radius 3 is 2.45 bits per heavy atom. The van der Waals surface area contributed by atoms with Gasteiger partial charge in [-0.15, -0.1) is 0 Å². The van der Waals surface area contributed by atoms with Gasteiger partial charge in [0.1, 0.15) is 49.8 Å². The lowest BCUT2D eigenvalue weighted by Gasteiger charge is -2.47. The number of imide groups is 1. The highest BCUT2D eigenvalue weighted by Crippen LogP contribution is 2.34. The van der Waals surface area contributed by atoms with Gasteiger partial charge in [0.15, 0.2) is 0 Å². The molecular formula is C25H21B4N3O6. The molecule has 9 nitrogen and oxygen atoms in total. The van der Waals surface area contributed by atoms with Crippen molar-refractivity contribution in [2.45, 2.75) is 55.9 Å². The molecule has 3 unspecified atom stereocenters. The number of hydrogen-bond donors (Lipinski definition) is 1. The minimum Gasteiger partial charge on any atom is -0.489 e. The van der Waals surface area contributed by atoms with Gasteiger partial charge >= 0.3 is 0 Å². The molecule has 13 heteroatoms. The van der Waals surface area contributed by atoms with Crippen LogP contribution in [0.15, 0.2) is 42.5 Å². The van der Waals surface area contributed by atoms with E-state index in [1.54, 1.807) is 18.2 Å². The summed E-state index contributed by atoms with van der Waals surface area (Å²) in [5.74, 6) is -2.10. The Balaban J connectivity index is 1.24. The summed E-state index contributed by atoms with van der Waals surface area (Å²) >= 11 is 0. The van der Waals surface area contributed by atoms with E-state index in [-0.39, 0.29) is 44.4 Å². The summed E-state index contributed by atoms with van der Waals surface area (Å²) in [5.41, 5.74) is 2.79. The van der Waals surface area contributed by atoms with Crippen molar-refractivity contribution in [2.75, 3.05) is 0 Å². The van der Waals surface area contributed by atoms with Crippen LogP contribution < -0.4 is 10.1 Å². The predicted octanol–water partition coefficient (Wildman–Crippen LogP) is -0.635. The van der Waals surface area contributed by atoms with Gasteiger partial charge in [-0.3, -0.25) is 24.5 Å². The van der Waals surface area contributed by atoms with Crippen molar-refractivity contribution in [2.24, 2.45) is 0 Å². The van der Waals surface area contributed by atoms with Crippen LogP contribution in [-0.4, -0.2) is 88.2 Å². The van der Waals surface area contributed by atoms with Gasteiger partial charge in [0.25, 0.3) is 5.91 Å². The molecule has 3 heterocycles. The van der Waals surface area contributed by atoms with Crippen molar-refractivity contribution in [3.05, 3.63) is 64.7 Å². The van der Waals surface area contributed by atoms with Crippen molar-refractivity contribution in [3.63, 3.8) is 0 Å². The lowest BCUT2D eigenvalue weighted by molar-refractivity contribution is -0.156. The lowest BCUT2D eigenvalue weighted by atomic mass is 9.61. The van der Waals surface area contributed by atoms with Crippen LogP contribution in [0.5, 0.6) is 5.75 Å².